The third-order valence-corrected chi connectivity index (χ3v) is 4.34. The fourth-order valence-corrected chi connectivity index (χ4v) is 3.23. The van der Waals surface area contributed by atoms with Gasteiger partial charge in [0.25, 0.3) is 0 Å². The van der Waals surface area contributed by atoms with Crippen LogP contribution in [0.5, 0.6) is 17.2 Å². The van der Waals surface area contributed by atoms with Crippen LogP contribution in [0.25, 0.3) is 0 Å². The zero-order valence-corrected chi connectivity index (χ0v) is 12.8. The minimum atomic E-state index is -0.900. The Kier molecular flexibility index (Phi) is 4.60. The Morgan fingerprint density at radius 1 is 1.00 bits per heavy atom. The van der Waals surface area contributed by atoms with Crippen LogP contribution < -0.4 is 14.2 Å². The highest BCUT2D eigenvalue weighted by atomic mass is 16.5. The van der Waals surface area contributed by atoms with Crippen LogP contribution >= 0.6 is 0 Å². The molecule has 0 amide bonds. The van der Waals surface area contributed by atoms with Crippen LogP contribution in [0.3, 0.4) is 0 Å². The monoisotopic (exact) mass is 294 g/mol. The van der Waals surface area contributed by atoms with E-state index in [4.69, 9.17) is 14.2 Å². The summed E-state index contributed by atoms with van der Waals surface area (Å²) in [6, 6.07) is 3.54. The normalized spacial score (nSPS) is 17.1. The van der Waals surface area contributed by atoms with Gasteiger partial charge < -0.3 is 19.3 Å². The van der Waals surface area contributed by atoms with Gasteiger partial charge in [-0.15, -0.1) is 0 Å². The molecule has 5 heteroatoms. The number of aliphatic carboxylic acids is 1. The molecule has 5 nitrogen and oxygen atoms in total. The Hall–Kier alpha value is -1.91. The molecule has 0 radical (unpaired) electrons. The molecular formula is C16H22O5. The first-order valence-electron chi connectivity index (χ1n) is 7.13. The Labute approximate surface area is 124 Å². The van der Waals surface area contributed by atoms with Gasteiger partial charge in [-0.2, -0.15) is 0 Å². The van der Waals surface area contributed by atoms with Gasteiger partial charge in [0.05, 0.1) is 26.7 Å². The van der Waals surface area contributed by atoms with E-state index in [9.17, 15) is 9.90 Å². The quantitative estimate of drug-likeness (QED) is 0.904. The Morgan fingerprint density at radius 2 is 1.62 bits per heavy atom. The lowest BCUT2D eigenvalue weighted by Crippen LogP contribution is -2.38. The van der Waals surface area contributed by atoms with Crippen molar-refractivity contribution in [1.29, 1.82) is 0 Å². The molecule has 116 valence electrons. The second-order valence-electron chi connectivity index (χ2n) is 5.33. The van der Waals surface area contributed by atoms with Crippen LogP contribution in [0, 0.1) is 0 Å². The van der Waals surface area contributed by atoms with E-state index in [0.29, 0.717) is 35.7 Å². The van der Waals surface area contributed by atoms with Crippen molar-refractivity contribution in [2.24, 2.45) is 0 Å². The van der Waals surface area contributed by atoms with Gasteiger partial charge in [0.15, 0.2) is 11.5 Å². The number of carboxylic acid groups (broad SMARTS) is 1. The topological polar surface area (TPSA) is 65.0 Å². The van der Waals surface area contributed by atoms with E-state index >= 15 is 0 Å². The largest absolute Gasteiger partial charge is 0.493 e. The summed E-state index contributed by atoms with van der Waals surface area (Å²) in [5.74, 6) is 0.645. The number of ether oxygens (including phenoxy) is 3. The highest BCUT2D eigenvalue weighted by Gasteiger charge is 2.44. The van der Waals surface area contributed by atoms with Crippen LogP contribution in [0.4, 0.5) is 0 Å². The number of hydrogen-bond donors (Lipinski definition) is 1. The molecule has 0 heterocycles. The molecule has 1 aliphatic carbocycles. The molecule has 0 aliphatic heterocycles. The van der Waals surface area contributed by atoms with Crippen molar-refractivity contribution in [2.45, 2.75) is 37.5 Å². The Bertz CT molecular complexity index is 518. The third-order valence-electron chi connectivity index (χ3n) is 4.34. The van der Waals surface area contributed by atoms with Crippen molar-refractivity contribution in [3.63, 3.8) is 0 Å². The van der Waals surface area contributed by atoms with Gasteiger partial charge >= 0.3 is 5.97 Å². The zero-order valence-electron chi connectivity index (χ0n) is 12.8. The predicted molar refractivity (Wildman–Crippen MR) is 78.5 cm³/mol. The molecule has 1 aliphatic rings. The number of carbonyl (C=O) groups is 1. The Morgan fingerprint density at radius 3 is 2.10 bits per heavy atom. The first kappa shape index (κ1) is 15.5. The SMILES string of the molecule is COc1ccc(C2(C(=O)O)CCCCC2)c(OC)c1OC. The fourth-order valence-electron chi connectivity index (χ4n) is 3.23. The van der Waals surface area contributed by atoms with E-state index < -0.39 is 11.4 Å². The number of carboxylic acids is 1. The minimum Gasteiger partial charge on any atom is -0.493 e. The highest BCUT2D eigenvalue weighted by molar-refractivity contribution is 5.83. The number of rotatable bonds is 5. The lowest BCUT2D eigenvalue weighted by atomic mass is 9.69. The highest BCUT2D eigenvalue weighted by Crippen LogP contribution is 2.49. The summed E-state index contributed by atoms with van der Waals surface area (Å²) in [6.45, 7) is 0. The van der Waals surface area contributed by atoms with E-state index in [0.717, 1.165) is 19.3 Å². The van der Waals surface area contributed by atoms with E-state index in [1.807, 2.05) is 0 Å². The molecule has 1 fully saturated rings. The van der Waals surface area contributed by atoms with Crippen LogP contribution in [0.15, 0.2) is 12.1 Å². The van der Waals surface area contributed by atoms with Crippen molar-refractivity contribution >= 4 is 5.97 Å². The van der Waals surface area contributed by atoms with E-state index in [-0.39, 0.29) is 0 Å². The maximum atomic E-state index is 12.0. The lowest BCUT2D eigenvalue weighted by molar-refractivity contribution is -0.145. The van der Waals surface area contributed by atoms with E-state index in [1.54, 1.807) is 19.2 Å². The van der Waals surface area contributed by atoms with E-state index in [1.165, 1.54) is 14.2 Å². The molecule has 0 aromatic heterocycles. The summed E-state index contributed by atoms with van der Waals surface area (Å²) in [6.07, 6.45) is 4.13. The molecule has 0 unspecified atom stereocenters. The van der Waals surface area contributed by atoms with Crippen molar-refractivity contribution in [3.05, 3.63) is 17.7 Å². The summed E-state index contributed by atoms with van der Waals surface area (Å²) in [5.41, 5.74) is -0.224. The summed E-state index contributed by atoms with van der Waals surface area (Å²) >= 11 is 0. The molecule has 0 atom stereocenters. The smallest absolute Gasteiger partial charge is 0.314 e. The lowest BCUT2D eigenvalue weighted by Gasteiger charge is -2.35. The third kappa shape index (κ3) is 2.52. The molecule has 1 aromatic carbocycles. The van der Waals surface area contributed by atoms with Gasteiger partial charge in [-0.3, -0.25) is 4.79 Å². The number of benzene rings is 1. The molecule has 1 aromatic rings. The van der Waals surface area contributed by atoms with Gasteiger partial charge in [0.2, 0.25) is 5.75 Å². The van der Waals surface area contributed by atoms with Crippen LogP contribution in [0.1, 0.15) is 37.7 Å². The molecule has 1 saturated carbocycles. The Balaban J connectivity index is 2.63. The molecule has 21 heavy (non-hydrogen) atoms. The molecule has 0 saturated heterocycles. The van der Waals surface area contributed by atoms with Gasteiger partial charge in [-0.05, 0) is 18.9 Å². The average molecular weight is 294 g/mol. The molecule has 2 rings (SSSR count). The second kappa shape index (κ2) is 6.24. The summed E-state index contributed by atoms with van der Waals surface area (Å²) in [7, 11) is 4.60. The van der Waals surface area contributed by atoms with Crippen LogP contribution in [-0.4, -0.2) is 32.4 Å². The standard InChI is InChI=1S/C16H22O5/c1-19-12-8-7-11(13(20-2)14(12)21-3)16(15(17)18)9-5-4-6-10-16/h7-8H,4-6,9-10H2,1-3H3,(H,17,18). The van der Waals surface area contributed by atoms with E-state index in [2.05, 4.69) is 0 Å². The molecule has 1 N–H and O–H groups in total. The van der Waals surface area contributed by atoms with Crippen LogP contribution in [0.2, 0.25) is 0 Å². The maximum absolute atomic E-state index is 12.0. The van der Waals surface area contributed by atoms with Gasteiger partial charge in [0, 0.05) is 5.56 Å². The molecular weight excluding hydrogens is 272 g/mol. The van der Waals surface area contributed by atoms with Crippen molar-refractivity contribution in [2.75, 3.05) is 21.3 Å². The predicted octanol–water partition coefficient (Wildman–Crippen LogP) is 3.00. The van der Waals surface area contributed by atoms with Gasteiger partial charge in [-0.25, -0.2) is 0 Å². The summed E-state index contributed by atoms with van der Waals surface area (Å²) in [5, 5.41) is 9.82. The summed E-state index contributed by atoms with van der Waals surface area (Å²) in [4.78, 5) is 12.0. The molecule has 0 bridgehead atoms. The van der Waals surface area contributed by atoms with Gasteiger partial charge in [-0.1, -0.05) is 25.3 Å². The van der Waals surface area contributed by atoms with Gasteiger partial charge in [0.1, 0.15) is 0 Å². The molecule has 0 spiro atoms. The second-order valence-corrected chi connectivity index (χ2v) is 5.33. The average Bonchev–Trinajstić information content (AvgIpc) is 2.53. The minimum absolute atomic E-state index is 0.448. The summed E-state index contributed by atoms with van der Waals surface area (Å²) < 4.78 is 16.1. The zero-order chi connectivity index (χ0) is 15.5. The number of methoxy groups -OCH3 is 3. The fraction of sp³-hybridized carbons (Fsp3) is 0.562. The maximum Gasteiger partial charge on any atom is 0.314 e. The van der Waals surface area contributed by atoms with Crippen molar-refractivity contribution < 1.29 is 24.1 Å². The first-order valence-corrected chi connectivity index (χ1v) is 7.13. The van der Waals surface area contributed by atoms with Crippen molar-refractivity contribution in [1.82, 2.24) is 0 Å². The number of hydrogen-bond acceptors (Lipinski definition) is 4. The van der Waals surface area contributed by atoms with Crippen LogP contribution in [-0.2, 0) is 10.2 Å². The van der Waals surface area contributed by atoms with Crippen molar-refractivity contribution in [3.8, 4) is 17.2 Å². The first-order chi connectivity index (χ1) is 10.1.